The molecule has 1 rings (SSSR count). The fraction of sp³-hybridized carbons (Fsp3) is 0.727. The molecular weight excluding hydrogens is 254 g/mol. The standard InChI is InChI=1S/C11H19N3O5/c12-10(17)19-6-5-13-11(18)14(7-9(15)16)8-3-1-2-4-8/h8H,1-7H2,(H2,12,17)(H,13,18)(H,15,16). The summed E-state index contributed by atoms with van der Waals surface area (Å²) in [5.41, 5.74) is 4.77. The van der Waals surface area contributed by atoms with Crippen LogP contribution >= 0.6 is 0 Å². The molecule has 0 aliphatic heterocycles. The number of nitrogens with two attached hydrogens (primary N) is 1. The van der Waals surface area contributed by atoms with Crippen molar-refractivity contribution < 1.29 is 24.2 Å². The van der Waals surface area contributed by atoms with Gasteiger partial charge in [0.1, 0.15) is 13.2 Å². The molecule has 0 bridgehead atoms. The van der Waals surface area contributed by atoms with E-state index in [1.54, 1.807) is 0 Å². The molecule has 1 fully saturated rings. The van der Waals surface area contributed by atoms with E-state index in [2.05, 4.69) is 10.1 Å². The van der Waals surface area contributed by atoms with E-state index in [1.165, 1.54) is 4.90 Å². The highest BCUT2D eigenvalue weighted by atomic mass is 16.5. The summed E-state index contributed by atoms with van der Waals surface area (Å²) in [4.78, 5) is 34.3. The van der Waals surface area contributed by atoms with Gasteiger partial charge in [0.15, 0.2) is 0 Å². The van der Waals surface area contributed by atoms with E-state index in [1.807, 2.05) is 0 Å². The Morgan fingerprint density at radius 2 is 1.95 bits per heavy atom. The Morgan fingerprint density at radius 1 is 1.32 bits per heavy atom. The molecule has 0 atom stereocenters. The smallest absolute Gasteiger partial charge is 0.404 e. The van der Waals surface area contributed by atoms with Crippen molar-refractivity contribution in [3.8, 4) is 0 Å². The first-order valence-electron chi connectivity index (χ1n) is 6.19. The van der Waals surface area contributed by atoms with E-state index in [4.69, 9.17) is 10.8 Å². The molecular formula is C11H19N3O5. The molecule has 108 valence electrons. The zero-order valence-electron chi connectivity index (χ0n) is 10.6. The number of urea groups is 1. The Morgan fingerprint density at radius 3 is 2.47 bits per heavy atom. The molecule has 8 nitrogen and oxygen atoms in total. The number of aliphatic carboxylic acids is 1. The van der Waals surface area contributed by atoms with Crippen molar-refractivity contribution >= 4 is 18.1 Å². The maximum Gasteiger partial charge on any atom is 0.404 e. The number of carboxylic acid groups (broad SMARTS) is 1. The number of nitrogens with zero attached hydrogens (tertiary/aromatic N) is 1. The second kappa shape index (κ2) is 7.45. The minimum atomic E-state index is -1.05. The van der Waals surface area contributed by atoms with Crippen molar-refractivity contribution in [2.45, 2.75) is 31.7 Å². The van der Waals surface area contributed by atoms with Crippen molar-refractivity contribution in [1.82, 2.24) is 10.2 Å². The van der Waals surface area contributed by atoms with Crippen LogP contribution < -0.4 is 11.1 Å². The van der Waals surface area contributed by atoms with Crippen molar-refractivity contribution in [3.05, 3.63) is 0 Å². The Hall–Kier alpha value is -1.99. The van der Waals surface area contributed by atoms with Gasteiger partial charge in [0.2, 0.25) is 0 Å². The lowest BCUT2D eigenvalue weighted by Gasteiger charge is -2.27. The van der Waals surface area contributed by atoms with Crippen LogP contribution in [0.3, 0.4) is 0 Å². The van der Waals surface area contributed by atoms with Gasteiger partial charge in [0, 0.05) is 6.04 Å². The second-order valence-corrected chi connectivity index (χ2v) is 4.36. The van der Waals surface area contributed by atoms with Gasteiger partial charge in [-0.15, -0.1) is 0 Å². The topological polar surface area (TPSA) is 122 Å². The van der Waals surface area contributed by atoms with Crippen LogP contribution in [0.15, 0.2) is 0 Å². The molecule has 0 radical (unpaired) electrons. The van der Waals surface area contributed by atoms with E-state index in [0.29, 0.717) is 0 Å². The maximum absolute atomic E-state index is 11.9. The van der Waals surface area contributed by atoms with E-state index >= 15 is 0 Å². The van der Waals surface area contributed by atoms with Gasteiger partial charge in [-0.1, -0.05) is 12.8 Å². The lowest BCUT2D eigenvalue weighted by Crippen LogP contribution is -2.48. The molecule has 0 saturated heterocycles. The van der Waals surface area contributed by atoms with Crippen LogP contribution in [0.2, 0.25) is 0 Å². The monoisotopic (exact) mass is 273 g/mol. The normalized spacial score (nSPS) is 14.9. The molecule has 0 heterocycles. The first-order valence-corrected chi connectivity index (χ1v) is 6.19. The molecule has 3 amide bonds. The maximum atomic E-state index is 11.9. The zero-order valence-corrected chi connectivity index (χ0v) is 10.6. The lowest BCUT2D eigenvalue weighted by molar-refractivity contribution is -0.138. The average Bonchev–Trinajstić information content (AvgIpc) is 2.84. The van der Waals surface area contributed by atoms with E-state index in [9.17, 15) is 14.4 Å². The highest BCUT2D eigenvalue weighted by Crippen LogP contribution is 2.23. The number of amides is 3. The summed E-state index contributed by atoms with van der Waals surface area (Å²) < 4.78 is 4.47. The van der Waals surface area contributed by atoms with Crippen molar-refractivity contribution in [3.63, 3.8) is 0 Å². The summed E-state index contributed by atoms with van der Waals surface area (Å²) in [5, 5.41) is 11.3. The number of carboxylic acids is 1. The molecule has 1 aliphatic rings. The molecule has 0 aromatic rings. The fourth-order valence-corrected chi connectivity index (χ4v) is 2.14. The number of carbonyl (C=O) groups excluding carboxylic acids is 2. The van der Waals surface area contributed by atoms with Gasteiger partial charge in [-0.05, 0) is 12.8 Å². The zero-order chi connectivity index (χ0) is 14.3. The quantitative estimate of drug-likeness (QED) is 0.593. The molecule has 8 heteroatoms. The van der Waals surface area contributed by atoms with Crippen molar-refractivity contribution in [2.24, 2.45) is 5.73 Å². The predicted molar refractivity (Wildman–Crippen MR) is 65.5 cm³/mol. The van der Waals surface area contributed by atoms with Crippen LogP contribution in [0.4, 0.5) is 9.59 Å². The van der Waals surface area contributed by atoms with Gasteiger partial charge in [-0.3, -0.25) is 4.79 Å². The van der Waals surface area contributed by atoms with Crippen LogP contribution in [-0.4, -0.2) is 53.8 Å². The largest absolute Gasteiger partial charge is 0.480 e. The van der Waals surface area contributed by atoms with Crippen LogP contribution in [0.25, 0.3) is 0 Å². The number of hydrogen-bond donors (Lipinski definition) is 3. The van der Waals surface area contributed by atoms with Crippen LogP contribution in [-0.2, 0) is 9.53 Å². The van der Waals surface area contributed by atoms with Gasteiger partial charge in [-0.2, -0.15) is 0 Å². The van der Waals surface area contributed by atoms with Gasteiger partial charge in [0.05, 0.1) is 6.54 Å². The summed E-state index contributed by atoms with van der Waals surface area (Å²) in [6.07, 6.45) is 2.72. The van der Waals surface area contributed by atoms with Crippen LogP contribution in [0.1, 0.15) is 25.7 Å². The van der Waals surface area contributed by atoms with Crippen LogP contribution in [0.5, 0.6) is 0 Å². The summed E-state index contributed by atoms with van der Waals surface area (Å²) in [6, 6.07) is -0.490. The van der Waals surface area contributed by atoms with Crippen LogP contribution in [0, 0.1) is 0 Å². The van der Waals surface area contributed by atoms with Crippen molar-refractivity contribution in [2.75, 3.05) is 19.7 Å². The minimum absolute atomic E-state index is 0.0341. The summed E-state index contributed by atoms with van der Waals surface area (Å²) >= 11 is 0. The average molecular weight is 273 g/mol. The highest BCUT2D eigenvalue weighted by molar-refractivity contribution is 5.80. The highest BCUT2D eigenvalue weighted by Gasteiger charge is 2.28. The lowest BCUT2D eigenvalue weighted by atomic mass is 10.2. The van der Waals surface area contributed by atoms with Crippen molar-refractivity contribution in [1.29, 1.82) is 0 Å². The Balaban J connectivity index is 2.42. The summed E-state index contributed by atoms with van der Waals surface area (Å²) in [7, 11) is 0. The Labute approximate surface area is 110 Å². The molecule has 0 aromatic carbocycles. The molecule has 1 saturated carbocycles. The van der Waals surface area contributed by atoms with Gasteiger partial charge in [0.25, 0.3) is 0 Å². The van der Waals surface area contributed by atoms with Gasteiger partial charge < -0.3 is 25.8 Å². The first-order chi connectivity index (χ1) is 9.00. The molecule has 4 N–H and O–H groups in total. The molecule has 19 heavy (non-hydrogen) atoms. The summed E-state index contributed by atoms with van der Waals surface area (Å²) in [5.74, 6) is -1.05. The fourth-order valence-electron chi connectivity index (χ4n) is 2.14. The number of nitrogens with one attached hydrogen (secondary N) is 1. The number of carbonyl (C=O) groups is 3. The second-order valence-electron chi connectivity index (χ2n) is 4.36. The SMILES string of the molecule is NC(=O)OCCNC(=O)N(CC(=O)O)C1CCCC1. The van der Waals surface area contributed by atoms with Gasteiger partial charge >= 0.3 is 18.1 Å². The van der Waals surface area contributed by atoms with E-state index in [0.717, 1.165) is 25.7 Å². The number of primary amides is 1. The molecule has 0 aromatic heterocycles. The minimum Gasteiger partial charge on any atom is -0.480 e. The molecule has 0 spiro atoms. The number of ether oxygens (including phenoxy) is 1. The summed E-state index contributed by atoms with van der Waals surface area (Å²) in [6.45, 7) is -0.259. The Bertz CT molecular complexity index is 341. The Kier molecular flexibility index (Phi) is 5.91. The molecule has 0 unspecified atom stereocenters. The van der Waals surface area contributed by atoms with E-state index in [-0.39, 0.29) is 25.7 Å². The van der Waals surface area contributed by atoms with Gasteiger partial charge in [-0.25, -0.2) is 9.59 Å². The third-order valence-electron chi connectivity index (χ3n) is 2.95. The first kappa shape index (κ1) is 15.1. The predicted octanol–water partition coefficient (Wildman–Crippen LogP) is 0.120. The third kappa shape index (κ3) is 5.45. The third-order valence-corrected chi connectivity index (χ3v) is 2.95. The van der Waals surface area contributed by atoms with E-state index < -0.39 is 18.1 Å². The number of hydrogen-bond acceptors (Lipinski definition) is 4. The molecule has 1 aliphatic carbocycles. The number of rotatable bonds is 6.